The van der Waals surface area contributed by atoms with Gasteiger partial charge in [-0.2, -0.15) is 0 Å². The smallest absolute Gasteiger partial charge is 0.377 e. The van der Waals surface area contributed by atoms with Gasteiger partial charge in [-0.05, 0) is 13.0 Å². The molecule has 1 aliphatic carbocycles. The maximum absolute atomic E-state index is 5.35. The molecule has 1 N–H and O–H groups in total. The number of nitrogens with one attached hydrogen (secondary N) is 1. The topological polar surface area (TPSA) is 39.7 Å². The fraction of sp³-hybridized carbons (Fsp3) is 0.636. The van der Waals surface area contributed by atoms with Crippen molar-refractivity contribution in [3.63, 3.8) is 0 Å². The van der Waals surface area contributed by atoms with Crippen molar-refractivity contribution in [3.05, 3.63) is 24.3 Å². The number of hydrogen-bond acceptors (Lipinski definition) is 4. The van der Waals surface area contributed by atoms with Gasteiger partial charge in [0.05, 0.1) is 0 Å². The molecule has 4 nitrogen and oxygen atoms in total. The number of hydrogen-bond donors (Lipinski definition) is 1. The normalized spacial score (nSPS) is 16.2. The van der Waals surface area contributed by atoms with Gasteiger partial charge < -0.3 is 18.6 Å². The van der Waals surface area contributed by atoms with E-state index in [1.807, 2.05) is 0 Å². The van der Waals surface area contributed by atoms with Crippen molar-refractivity contribution in [1.29, 1.82) is 0 Å². The molecule has 0 aromatic carbocycles. The fourth-order valence-corrected chi connectivity index (χ4v) is 3.42. The lowest BCUT2D eigenvalue weighted by atomic mass is 10.3. The predicted octanol–water partition coefficient (Wildman–Crippen LogP) is 1.34. The summed E-state index contributed by atoms with van der Waals surface area (Å²) in [5.74, 6) is 0. The molecule has 1 rings (SSSR count). The second-order valence-corrected chi connectivity index (χ2v) is 6.74. The summed E-state index contributed by atoms with van der Waals surface area (Å²) in [7, 11) is 2.57. The van der Waals surface area contributed by atoms with E-state index in [0.29, 0.717) is 6.04 Å². The average Bonchev–Trinajstić information content (AvgIpc) is 2.83. The van der Waals surface area contributed by atoms with Crippen molar-refractivity contribution in [2.24, 2.45) is 0 Å². The van der Waals surface area contributed by atoms with E-state index in [4.69, 9.17) is 13.3 Å². The Morgan fingerprint density at radius 1 is 1.06 bits per heavy atom. The summed E-state index contributed by atoms with van der Waals surface area (Å²) in [4.78, 5) is 0. The molecule has 0 amide bonds. The largest absolute Gasteiger partial charge is 0.500 e. The van der Waals surface area contributed by atoms with Crippen molar-refractivity contribution in [3.8, 4) is 0 Å². The summed E-state index contributed by atoms with van der Waals surface area (Å²) in [5, 5.41) is 3.41. The van der Waals surface area contributed by atoms with Crippen LogP contribution >= 0.6 is 0 Å². The molecule has 5 heteroatoms. The van der Waals surface area contributed by atoms with Crippen molar-refractivity contribution < 1.29 is 13.3 Å². The standard InChI is InChI=1S/C11H21NO3Si/c1-13-16(14-2,15-3)10-6-9-12-11-7-4-5-8-11/h4-5,7-8,11-12H,6,9-10H2,1-3H3. The molecular formula is C11H21NO3Si. The Hall–Kier alpha value is -0.463. The van der Waals surface area contributed by atoms with Gasteiger partial charge in [0.2, 0.25) is 0 Å². The highest BCUT2D eigenvalue weighted by Crippen LogP contribution is 2.14. The van der Waals surface area contributed by atoms with Crippen LogP contribution in [0.3, 0.4) is 0 Å². The minimum absolute atomic E-state index is 0.378. The molecule has 0 spiro atoms. The van der Waals surface area contributed by atoms with E-state index in [-0.39, 0.29) is 0 Å². The first kappa shape index (κ1) is 13.6. The zero-order valence-electron chi connectivity index (χ0n) is 10.2. The molecule has 0 aromatic rings. The molecule has 0 unspecified atom stereocenters. The van der Waals surface area contributed by atoms with Gasteiger partial charge in [-0.15, -0.1) is 0 Å². The molecule has 0 saturated carbocycles. The molecule has 1 aliphatic rings. The number of allylic oxidation sites excluding steroid dienone is 2. The van der Waals surface area contributed by atoms with Crippen molar-refractivity contribution in [1.82, 2.24) is 5.32 Å². The first-order valence-corrected chi connectivity index (χ1v) is 7.43. The molecule has 0 aromatic heterocycles. The third kappa shape index (κ3) is 3.84. The second-order valence-electron chi connectivity index (χ2n) is 3.65. The quantitative estimate of drug-likeness (QED) is 0.516. The minimum Gasteiger partial charge on any atom is -0.377 e. The van der Waals surface area contributed by atoms with E-state index in [9.17, 15) is 0 Å². The lowest BCUT2D eigenvalue weighted by Gasteiger charge is -2.24. The van der Waals surface area contributed by atoms with Crippen LogP contribution in [0.4, 0.5) is 0 Å². The maximum Gasteiger partial charge on any atom is 0.500 e. The van der Waals surface area contributed by atoms with Gasteiger partial charge in [0, 0.05) is 33.4 Å². The predicted molar refractivity (Wildman–Crippen MR) is 66.3 cm³/mol. The molecular weight excluding hydrogens is 222 g/mol. The van der Waals surface area contributed by atoms with Crippen LogP contribution in [-0.4, -0.2) is 42.7 Å². The Bertz CT molecular complexity index is 231. The summed E-state index contributed by atoms with van der Waals surface area (Å²) in [6.07, 6.45) is 9.35. The molecule has 0 radical (unpaired) electrons. The Balaban J connectivity index is 2.17. The van der Waals surface area contributed by atoms with E-state index in [1.165, 1.54) is 0 Å². The molecule has 0 fully saturated rings. The van der Waals surface area contributed by atoms with Crippen LogP contribution in [0.1, 0.15) is 6.42 Å². The Morgan fingerprint density at radius 3 is 2.12 bits per heavy atom. The van der Waals surface area contributed by atoms with E-state index in [1.54, 1.807) is 21.3 Å². The van der Waals surface area contributed by atoms with E-state index >= 15 is 0 Å². The lowest BCUT2D eigenvalue weighted by molar-refractivity contribution is 0.123. The van der Waals surface area contributed by atoms with Crippen molar-refractivity contribution in [2.75, 3.05) is 27.9 Å². The van der Waals surface area contributed by atoms with Crippen LogP contribution in [0.15, 0.2) is 24.3 Å². The highest BCUT2D eigenvalue weighted by molar-refractivity contribution is 6.60. The zero-order valence-corrected chi connectivity index (χ0v) is 11.2. The first-order valence-electron chi connectivity index (χ1n) is 5.50. The molecule has 0 bridgehead atoms. The van der Waals surface area contributed by atoms with Crippen molar-refractivity contribution >= 4 is 8.80 Å². The maximum atomic E-state index is 5.35. The molecule has 0 heterocycles. The van der Waals surface area contributed by atoms with Gasteiger partial charge in [-0.1, -0.05) is 24.3 Å². The van der Waals surface area contributed by atoms with E-state index < -0.39 is 8.80 Å². The summed E-state index contributed by atoms with van der Waals surface area (Å²) in [6, 6.07) is 1.22. The van der Waals surface area contributed by atoms with Gasteiger partial charge >= 0.3 is 8.80 Å². The van der Waals surface area contributed by atoms with Gasteiger partial charge in [0.1, 0.15) is 0 Å². The fourth-order valence-electron chi connectivity index (χ4n) is 1.70. The van der Waals surface area contributed by atoms with Gasteiger partial charge in [-0.3, -0.25) is 0 Å². The van der Waals surface area contributed by atoms with Crippen LogP contribution in [0.2, 0.25) is 6.04 Å². The van der Waals surface area contributed by atoms with Gasteiger partial charge in [-0.25, -0.2) is 0 Å². The van der Waals surface area contributed by atoms with E-state index in [0.717, 1.165) is 19.0 Å². The minimum atomic E-state index is -2.37. The Morgan fingerprint density at radius 2 is 1.62 bits per heavy atom. The Labute approximate surface area is 98.6 Å². The van der Waals surface area contributed by atoms with Crippen LogP contribution < -0.4 is 5.32 Å². The highest BCUT2D eigenvalue weighted by Gasteiger charge is 2.36. The average molecular weight is 243 g/mol. The highest BCUT2D eigenvalue weighted by atomic mass is 28.4. The van der Waals surface area contributed by atoms with Crippen LogP contribution in [0.5, 0.6) is 0 Å². The summed E-state index contributed by atoms with van der Waals surface area (Å²) in [5.41, 5.74) is 0. The summed E-state index contributed by atoms with van der Waals surface area (Å²) in [6.45, 7) is 0.935. The van der Waals surface area contributed by atoms with Gasteiger partial charge in [0.25, 0.3) is 0 Å². The molecule has 0 aliphatic heterocycles. The molecule has 16 heavy (non-hydrogen) atoms. The Kier molecular flexibility index (Phi) is 5.93. The molecule has 0 atom stereocenters. The van der Waals surface area contributed by atoms with Crippen molar-refractivity contribution in [2.45, 2.75) is 18.5 Å². The summed E-state index contributed by atoms with van der Waals surface area (Å²) >= 11 is 0. The first-order chi connectivity index (χ1) is 7.76. The second kappa shape index (κ2) is 6.98. The molecule has 0 saturated heterocycles. The van der Waals surface area contributed by atoms with E-state index in [2.05, 4.69) is 29.6 Å². The van der Waals surface area contributed by atoms with Crippen LogP contribution in [0.25, 0.3) is 0 Å². The number of rotatable bonds is 8. The SMILES string of the molecule is CO[Si](CCCNC1C=CC=C1)(OC)OC. The van der Waals surface area contributed by atoms with Gasteiger partial charge in [0.15, 0.2) is 0 Å². The van der Waals surface area contributed by atoms with Crippen LogP contribution in [-0.2, 0) is 13.3 Å². The molecule has 92 valence electrons. The third-order valence-corrected chi connectivity index (χ3v) is 5.55. The summed E-state index contributed by atoms with van der Waals surface area (Å²) < 4.78 is 16.0. The lowest BCUT2D eigenvalue weighted by Crippen LogP contribution is -2.43. The third-order valence-electron chi connectivity index (χ3n) is 2.72. The monoisotopic (exact) mass is 243 g/mol. The van der Waals surface area contributed by atoms with Crippen LogP contribution in [0, 0.1) is 0 Å². The zero-order chi connectivity index (χ0) is 11.9.